The lowest BCUT2D eigenvalue weighted by molar-refractivity contribution is 0.627. The summed E-state index contributed by atoms with van der Waals surface area (Å²) in [5, 5.41) is 4.14. The van der Waals surface area contributed by atoms with E-state index in [4.69, 9.17) is 17.3 Å². The highest BCUT2D eigenvalue weighted by Gasteiger charge is 2.18. The molecule has 90 valence electrons. The molecule has 2 aromatic rings. The van der Waals surface area contributed by atoms with Gasteiger partial charge in [0.15, 0.2) is 0 Å². The number of nitrogen functional groups attached to an aromatic ring is 1. The zero-order valence-corrected chi connectivity index (χ0v) is 10.6. The first-order valence-electron chi connectivity index (χ1n) is 5.16. The first kappa shape index (κ1) is 11.9. The van der Waals surface area contributed by atoms with E-state index in [1.807, 2.05) is 13.8 Å². The third kappa shape index (κ3) is 1.78. The minimum absolute atomic E-state index is 0.0906. The van der Waals surface area contributed by atoms with Gasteiger partial charge in [-0.25, -0.2) is 4.39 Å². The molecular formula is C12H13ClFN3. The van der Waals surface area contributed by atoms with E-state index >= 15 is 0 Å². The molecule has 1 aromatic heterocycles. The van der Waals surface area contributed by atoms with Crippen LogP contribution in [0.3, 0.4) is 0 Å². The molecule has 0 saturated carbocycles. The molecule has 0 amide bonds. The number of hydrogen-bond acceptors (Lipinski definition) is 2. The monoisotopic (exact) mass is 253 g/mol. The van der Waals surface area contributed by atoms with Gasteiger partial charge in [0.1, 0.15) is 11.6 Å². The zero-order valence-electron chi connectivity index (χ0n) is 9.88. The Morgan fingerprint density at radius 2 is 2.06 bits per heavy atom. The van der Waals surface area contributed by atoms with Crippen molar-refractivity contribution >= 4 is 17.4 Å². The fraction of sp³-hybridized carbons (Fsp3) is 0.250. The van der Waals surface area contributed by atoms with E-state index < -0.39 is 5.82 Å². The lowest BCUT2D eigenvalue weighted by Crippen LogP contribution is -1.99. The Morgan fingerprint density at radius 1 is 1.41 bits per heavy atom. The van der Waals surface area contributed by atoms with Crippen LogP contribution >= 0.6 is 11.6 Å². The number of aromatic nitrogens is 2. The molecule has 0 aliphatic carbocycles. The van der Waals surface area contributed by atoms with Crippen LogP contribution in [0.1, 0.15) is 11.1 Å². The molecule has 5 heteroatoms. The van der Waals surface area contributed by atoms with E-state index in [0.29, 0.717) is 16.9 Å². The molecule has 0 spiro atoms. The topological polar surface area (TPSA) is 43.8 Å². The van der Waals surface area contributed by atoms with Gasteiger partial charge in [0.05, 0.1) is 11.2 Å². The molecule has 0 bridgehead atoms. The summed E-state index contributed by atoms with van der Waals surface area (Å²) < 4.78 is 15.2. The van der Waals surface area contributed by atoms with Gasteiger partial charge < -0.3 is 5.73 Å². The number of benzene rings is 1. The standard InChI is InChI=1S/C12H13ClFN3/c1-6-4-9(14)11(13)10(7(6)2)8-5-16-17(3)12(8)15/h4-5H,15H2,1-3H3. The van der Waals surface area contributed by atoms with Gasteiger partial charge in [-0.1, -0.05) is 11.6 Å². The van der Waals surface area contributed by atoms with Gasteiger partial charge in [0.25, 0.3) is 0 Å². The molecule has 0 aliphatic rings. The summed E-state index contributed by atoms with van der Waals surface area (Å²) in [6.07, 6.45) is 1.60. The summed E-state index contributed by atoms with van der Waals surface area (Å²) in [7, 11) is 1.73. The molecule has 0 unspecified atom stereocenters. The molecule has 2 N–H and O–H groups in total. The summed E-state index contributed by atoms with van der Waals surface area (Å²) in [4.78, 5) is 0. The SMILES string of the molecule is Cc1cc(F)c(Cl)c(-c2cnn(C)c2N)c1C. The predicted molar refractivity (Wildman–Crippen MR) is 67.5 cm³/mol. The maximum Gasteiger partial charge on any atom is 0.142 e. The molecule has 17 heavy (non-hydrogen) atoms. The number of nitrogens with zero attached hydrogens (tertiary/aromatic N) is 2. The first-order chi connectivity index (χ1) is 7.93. The number of nitrogens with two attached hydrogens (primary N) is 1. The average Bonchev–Trinajstić information content (AvgIpc) is 2.59. The highest BCUT2D eigenvalue weighted by Crippen LogP contribution is 2.37. The van der Waals surface area contributed by atoms with Crippen LogP contribution in [-0.4, -0.2) is 9.78 Å². The summed E-state index contributed by atoms with van der Waals surface area (Å²) in [5.74, 6) is 0.0352. The van der Waals surface area contributed by atoms with E-state index in [2.05, 4.69) is 5.10 Å². The lowest BCUT2D eigenvalue weighted by Gasteiger charge is -2.11. The molecule has 0 aliphatic heterocycles. The number of anilines is 1. The normalized spacial score (nSPS) is 10.9. The molecule has 0 atom stereocenters. The third-order valence-corrected chi connectivity index (χ3v) is 3.36. The van der Waals surface area contributed by atoms with Crippen LogP contribution in [0.5, 0.6) is 0 Å². The van der Waals surface area contributed by atoms with Gasteiger partial charge >= 0.3 is 0 Å². The predicted octanol–water partition coefficient (Wildman–Crippen LogP) is 3.08. The van der Waals surface area contributed by atoms with Gasteiger partial charge in [-0.15, -0.1) is 0 Å². The number of rotatable bonds is 1. The Labute approximate surface area is 104 Å². The number of aryl methyl sites for hydroxylation is 2. The summed E-state index contributed by atoms with van der Waals surface area (Å²) >= 11 is 6.02. The smallest absolute Gasteiger partial charge is 0.142 e. The van der Waals surface area contributed by atoms with Crippen molar-refractivity contribution in [2.24, 2.45) is 7.05 Å². The lowest BCUT2D eigenvalue weighted by atomic mass is 9.98. The van der Waals surface area contributed by atoms with Crippen molar-refractivity contribution < 1.29 is 4.39 Å². The molecular weight excluding hydrogens is 241 g/mol. The van der Waals surface area contributed by atoms with Crippen LogP contribution in [0.4, 0.5) is 10.2 Å². The minimum atomic E-state index is -0.437. The highest BCUT2D eigenvalue weighted by molar-refractivity contribution is 6.33. The van der Waals surface area contributed by atoms with E-state index in [0.717, 1.165) is 11.1 Å². The van der Waals surface area contributed by atoms with Crippen molar-refractivity contribution in [2.75, 3.05) is 5.73 Å². The second-order valence-electron chi connectivity index (χ2n) is 4.06. The summed E-state index contributed by atoms with van der Waals surface area (Å²) in [5.41, 5.74) is 8.93. The molecule has 1 heterocycles. The number of hydrogen-bond donors (Lipinski definition) is 1. The van der Waals surface area contributed by atoms with Crippen molar-refractivity contribution in [2.45, 2.75) is 13.8 Å². The highest BCUT2D eigenvalue weighted by atomic mass is 35.5. The Hall–Kier alpha value is -1.55. The Balaban J connectivity index is 2.79. The van der Waals surface area contributed by atoms with Crippen LogP contribution in [0.25, 0.3) is 11.1 Å². The van der Waals surface area contributed by atoms with Gasteiger partial charge in [-0.05, 0) is 31.0 Å². The van der Waals surface area contributed by atoms with Crippen molar-refractivity contribution in [1.29, 1.82) is 0 Å². The largest absolute Gasteiger partial charge is 0.383 e. The van der Waals surface area contributed by atoms with Gasteiger partial charge in [0.2, 0.25) is 0 Å². The van der Waals surface area contributed by atoms with Crippen LogP contribution in [0, 0.1) is 19.7 Å². The molecule has 0 radical (unpaired) electrons. The van der Waals surface area contributed by atoms with Crippen molar-refractivity contribution in [3.63, 3.8) is 0 Å². The molecule has 1 aromatic carbocycles. The fourth-order valence-corrected chi connectivity index (χ4v) is 2.10. The quantitative estimate of drug-likeness (QED) is 0.849. The molecule has 3 nitrogen and oxygen atoms in total. The summed E-state index contributed by atoms with van der Waals surface area (Å²) in [6.45, 7) is 3.73. The maximum atomic E-state index is 13.6. The number of halogens is 2. The molecule has 0 fully saturated rings. The van der Waals surface area contributed by atoms with Crippen molar-refractivity contribution in [3.8, 4) is 11.1 Å². The van der Waals surface area contributed by atoms with Crippen molar-refractivity contribution in [1.82, 2.24) is 9.78 Å². The van der Waals surface area contributed by atoms with Crippen LogP contribution in [0.15, 0.2) is 12.3 Å². The van der Waals surface area contributed by atoms with Crippen LogP contribution in [0.2, 0.25) is 5.02 Å². The Morgan fingerprint density at radius 3 is 2.59 bits per heavy atom. The van der Waals surface area contributed by atoms with E-state index in [1.165, 1.54) is 10.7 Å². The minimum Gasteiger partial charge on any atom is -0.383 e. The Kier molecular flexibility index (Phi) is 2.83. The Bertz CT molecular complexity index is 564. The van der Waals surface area contributed by atoms with E-state index in [1.54, 1.807) is 13.2 Å². The zero-order chi connectivity index (χ0) is 12.7. The fourth-order valence-electron chi connectivity index (χ4n) is 1.80. The van der Waals surface area contributed by atoms with Crippen LogP contribution in [-0.2, 0) is 7.05 Å². The second kappa shape index (κ2) is 4.04. The third-order valence-electron chi connectivity index (χ3n) is 2.99. The van der Waals surface area contributed by atoms with E-state index in [-0.39, 0.29) is 5.02 Å². The van der Waals surface area contributed by atoms with Crippen LogP contribution < -0.4 is 5.73 Å². The van der Waals surface area contributed by atoms with Gasteiger partial charge in [-0.3, -0.25) is 4.68 Å². The molecule has 2 rings (SSSR count). The van der Waals surface area contributed by atoms with Gasteiger partial charge in [-0.2, -0.15) is 5.10 Å². The van der Waals surface area contributed by atoms with Crippen molar-refractivity contribution in [3.05, 3.63) is 34.2 Å². The summed E-state index contributed by atoms with van der Waals surface area (Å²) in [6, 6.07) is 1.42. The first-order valence-corrected chi connectivity index (χ1v) is 5.54. The van der Waals surface area contributed by atoms with Gasteiger partial charge in [0, 0.05) is 18.2 Å². The molecule has 0 saturated heterocycles. The maximum absolute atomic E-state index is 13.6. The average molecular weight is 254 g/mol. The second-order valence-corrected chi connectivity index (χ2v) is 4.43. The van der Waals surface area contributed by atoms with E-state index in [9.17, 15) is 4.39 Å².